The third-order valence-corrected chi connectivity index (χ3v) is 6.65. The zero-order valence-corrected chi connectivity index (χ0v) is 14.6. The highest BCUT2D eigenvalue weighted by atomic mass is 35.5. The van der Waals surface area contributed by atoms with Gasteiger partial charge in [0, 0.05) is 23.0 Å². The number of nitrogens with one attached hydrogen (secondary N) is 1. The first-order chi connectivity index (χ1) is 11.5. The maximum absolute atomic E-state index is 12.8. The highest BCUT2D eigenvalue weighted by Crippen LogP contribution is 2.42. The van der Waals surface area contributed by atoms with Gasteiger partial charge in [-0.2, -0.15) is 0 Å². The number of hydrogen-bond acceptors (Lipinski definition) is 4. The Morgan fingerprint density at radius 2 is 1.96 bits per heavy atom. The van der Waals surface area contributed by atoms with Crippen LogP contribution in [-0.4, -0.2) is 27.6 Å². The zero-order valence-electron chi connectivity index (χ0n) is 13.0. The lowest BCUT2D eigenvalue weighted by Gasteiger charge is -2.24. The van der Waals surface area contributed by atoms with Crippen LogP contribution in [-0.2, 0) is 15.6 Å². The van der Waals surface area contributed by atoms with E-state index in [-0.39, 0.29) is 17.8 Å². The molecule has 0 radical (unpaired) electrons. The third-order valence-electron chi connectivity index (χ3n) is 4.71. The van der Waals surface area contributed by atoms with Crippen molar-refractivity contribution in [3.63, 3.8) is 0 Å². The summed E-state index contributed by atoms with van der Waals surface area (Å²) in [6, 6.07) is 12.2. The summed E-state index contributed by atoms with van der Waals surface area (Å²) in [7, 11) is -3.40. The van der Waals surface area contributed by atoms with Crippen LogP contribution in [0, 0.1) is 0 Å². The van der Waals surface area contributed by atoms with E-state index in [0.29, 0.717) is 9.92 Å². The Balaban J connectivity index is 1.64. The van der Waals surface area contributed by atoms with Crippen LogP contribution in [0.4, 0.5) is 0 Å². The second-order valence-electron chi connectivity index (χ2n) is 6.34. The first-order valence-electron chi connectivity index (χ1n) is 8.01. The number of benzene rings is 2. The molecule has 2 atom stereocenters. The van der Waals surface area contributed by atoms with E-state index in [0.717, 1.165) is 36.4 Å². The molecule has 1 N–H and O–H groups in total. The van der Waals surface area contributed by atoms with Crippen LogP contribution in [0.1, 0.15) is 23.5 Å². The number of fused-ring (bicyclic) bond motifs is 3. The van der Waals surface area contributed by atoms with Gasteiger partial charge in [-0.05, 0) is 48.9 Å². The van der Waals surface area contributed by atoms with Crippen molar-refractivity contribution >= 4 is 21.4 Å². The van der Waals surface area contributed by atoms with Crippen LogP contribution in [0.5, 0.6) is 5.75 Å². The first-order valence-corrected chi connectivity index (χ1v) is 10.0. The van der Waals surface area contributed by atoms with Crippen LogP contribution in [0.2, 0.25) is 5.02 Å². The lowest BCUT2D eigenvalue weighted by Crippen LogP contribution is -2.39. The predicted octanol–water partition coefficient (Wildman–Crippen LogP) is 3.15. The number of halogens is 1. The van der Waals surface area contributed by atoms with Crippen LogP contribution in [0.3, 0.4) is 0 Å². The Kier molecular flexibility index (Phi) is 4.03. The summed E-state index contributed by atoms with van der Waals surface area (Å²) in [4.78, 5) is 0.360. The molecule has 6 heteroatoms. The highest BCUT2D eigenvalue weighted by molar-refractivity contribution is 7.90. The Morgan fingerprint density at radius 1 is 1.17 bits per heavy atom. The van der Waals surface area contributed by atoms with Gasteiger partial charge in [-0.15, -0.1) is 0 Å². The van der Waals surface area contributed by atoms with Gasteiger partial charge in [0.15, 0.2) is 9.84 Å². The summed E-state index contributed by atoms with van der Waals surface area (Å²) in [5, 5.41) is 3.92. The minimum absolute atomic E-state index is 0.0283. The van der Waals surface area contributed by atoms with E-state index < -0.39 is 9.84 Å². The molecule has 0 amide bonds. The molecule has 0 spiro atoms. The molecule has 2 aliphatic heterocycles. The quantitative estimate of drug-likeness (QED) is 0.910. The molecular formula is C18H18ClNO3S. The minimum Gasteiger partial charge on any atom is -0.488 e. The van der Waals surface area contributed by atoms with E-state index in [9.17, 15) is 8.42 Å². The number of hydrogen-bond donors (Lipinski definition) is 1. The standard InChI is InChI=1S/C18H18ClNO3S/c19-13-3-1-12(2-4-13)11-24(21,22)14-5-6-17-16(9-14)15-7-8-20-10-18(15)23-17/h1-6,9,15,18,20H,7-8,10-11H2. The first kappa shape index (κ1) is 15.9. The maximum atomic E-state index is 12.8. The summed E-state index contributed by atoms with van der Waals surface area (Å²) in [6.07, 6.45) is 1.08. The van der Waals surface area contributed by atoms with E-state index in [1.165, 1.54) is 0 Å². The van der Waals surface area contributed by atoms with Crippen molar-refractivity contribution < 1.29 is 13.2 Å². The van der Waals surface area contributed by atoms with Crippen LogP contribution >= 0.6 is 11.6 Å². The SMILES string of the molecule is O=S(=O)(Cc1ccc(Cl)cc1)c1ccc2c(c1)C1CCNCC1O2. The average molecular weight is 364 g/mol. The second kappa shape index (κ2) is 6.06. The van der Waals surface area contributed by atoms with E-state index in [1.807, 2.05) is 0 Å². The van der Waals surface area contributed by atoms with E-state index in [1.54, 1.807) is 42.5 Å². The Morgan fingerprint density at radius 3 is 2.75 bits per heavy atom. The zero-order chi connectivity index (χ0) is 16.7. The highest BCUT2D eigenvalue weighted by Gasteiger charge is 2.36. The lowest BCUT2D eigenvalue weighted by molar-refractivity contribution is 0.177. The van der Waals surface area contributed by atoms with Crippen molar-refractivity contribution in [3.8, 4) is 5.75 Å². The molecule has 4 nitrogen and oxygen atoms in total. The van der Waals surface area contributed by atoms with Gasteiger partial charge in [0.05, 0.1) is 10.6 Å². The van der Waals surface area contributed by atoms with Gasteiger partial charge in [0.1, 0.15) is 11.9 Å². The number of sulfone groups is 1. The molecule has 4 rings (SSSR count). The molecule has 2 aromatic rings. The fourth-order valence-electron chi connectivity index (χ4n) is 3.47. The van der Waals surface area contributed by atoms with E-state index in [2.05, 4.69) is 5.32 Å². The Bertz CT molecular complexity index is 864. The van der Waals surface area contributed by atoms with Gasteiger partial charge in [-0.1, -0.05) is 23.7 Å². The monoisotopic (exact) mass is 363 g/mol. The number of rotatable bonds is 3. The van der Waals surface area contributed by atoms with Crippen LogP contribution in [0.25, 0.3) is 0 Å². The van der Waals surface area contributed by atoms with Crippen molar-refractivity contribution in [2.24, 2.45) is 0 Å². The van der Waals surface area contributed by atoms with Crippen LogP contribution in [0.15, 0.2) is 47.4 Å². The number of piperidine rings is 1. The molecular weight excluding hydrogens is 346 g/mol. The molecule has 2 aliphatic rings. The van der Waals surface area contributed by atoms with Gasteiger partial charge >= 0.3 is 0 Å². The average Bonchev–Trinajstić information content (AvgIpc) is 2.94. The summed E-state index contributed by atoms with van der Waals surface area (Å²) >= 11 is 5.86. The summed E-state index contributed by atoms with van der Waals surface area (Å²) in [5.74, 6) is 1.07. The normalized spacial score (nSPS) is 22.5. The minimum atomic E-state index is -3.40. The summed E-state index contributed by atoms with van der Waals surface area (Å²) in [6.45, 7) is 1.75. The lowest BCUT2D eigenvalue weighted by atomic mass is 9.90. The molecule has 2 heterocycles. The molecule has 1 fully saturated rings. The van der Waals surface area contributed by atoms with Gasteiger partial charge in [0.25, 0.3) is 0 Å². The predicted molar refractivity (Wildman–Crippen MR) is 93.4 cm³/mol. The van der Waals surface area contributed by atoms with Crippen molar-refractivity contribution in [3.05, 3.63) is 58.6 Å². The molecule has 1 saturated heterocycles. The molecule has 2 aromatic carbocycles. The Labute approximate surface area is 146 Å². The maximum Gasteiger partial charge on any atom is 0.182 e. The topological polar surface area (TPSA) is 55.4 Å². The van der Waals surface area contributed by atoms with Crippen molar-refractivity contribution in [2.45, 2.75) is 29.1 Å². The molecule has 0 saturated carbocycles. The van der Waals surface area contributed by atoms with Gasteiger partial charge < -0.3 is 10.1 Å². The largest absolute Gasteiger partial charge is 0.488 e. The van der Waals surface area contributed by atoms with Gasteiger partial charge in [-0.25, -0.2) is 8.42 Å². The molecule has 0 aliphatic carbocycles. The van der Waals surface area contributed by atoms with Crippen molar-refractivity contribution in [1.29, 1.82) is 0 Å². The molecule has 24 heavy (non-hydrogen) atoms. The summed E-state index contributed by atoms with van der Waals surface area (Å²) in [5.41, 5.74) is 1.76. The fourth-order valence-corrected chi connectivity index (χ4v) is 4.98. The molecule has 0 bridgehead atoms. The number of ether oxygens (including phenoxy) is 1. The third kappa shape index (κ3) is 2.92. The summed E-state index contributed by atoms with van der Waals surface area (Å²) < 4.78 is 31.5. The smallest absolute Gasteiger partial charge is 0.182 e. The molecule has 126 valence electrons. The van der Waals surface area contributed by atoms with Gasteiger partial charge in [0.2, 0.25) is 0 Å². The molecule has 2 unspecified atom stereocenters. The Hall–Kier alpha value is -1.56. The van der Waals surface area contributed by atoms with E-state index >= 15 is 0 Å². The molecule has 0 aromatic heterocycles. The fraction of sp³-hybridized carbons (Fsp3) is 0.333. The second-order valence-corrected chi connectivity index (χ2v) is 8.77. The van der Waals surface area contributed by atoms with Crippen molar-refractivity contribution in [1.82, 2.24) is 5.32 Å². The van der Waals surface area contributed by atoms with E-state index in [4.69, 9.17) is 16.3 Å². The van der Waals surface area contributed by atoms with Gasteiger partial charge in [-0.3, -0.25) is 0 Å². The van der Waals surface area contributed by atoms with Crippen LogP contribution < -0.4 is 10.1 Å². The van der Waals surface area contributed by atoms with Crippen molar-refractivity contribution in [2.75, 3.05) is 13.1 Å².